The lowest BCUT2D eigenvalue weighted by Crippen LogP contribution is -2.29. The van der Waals surface area contributed by atoms with E-state index in [4.69, 9.17) is 6.42 Å². The molecule has 0 atom stereocenters. The Labute approximate surface area is 132 Å². The minimum Gasteiger partial charge on any atom is -0.350 e. The van der Waals surface area contributed by atoms with Crippen molar-refractivity contribution in [3.63, 3.8) is 0 Å². The van der Waals surface area contributed by atoms with Crippen LogP contribution in [0.5, 0.6) is 0 Å². The fourth-order valence-corrected chi connectivity index (χ4v) is 3.25. The van der Waals surface area contributed by atoms with Crippen molar-refractivity contribution in [2.45, 2.75) is 31.8 Å². The summed E-state index contributed by atoms with van der Waals surface area (Å²) in [5, 5.41) is 13.0. The zero-order valence-corrected chi connectivity index (χ0v) is 13.0. The van der Waals surface area contributed by atoms with E-state index in [1.54, 1.807) is 0 Å². The van der Waals surface area contributed by atoms with E-state index in [0.29, 0.717) is 25.1 Å². The molecule has 1 aliphatic heterocycles. The lowest BCUT2D eigenvalue weighted by atomic mass is 10.0. The highest BCUT2D eigenvalue weighted by atomic mass is 32.1. The Hall–Kier alpha value is -2.33. The molecule has 7 heteroatoms. The molecule has 1 aliphatic rings. The van der Waals surface area contributed by atoms with Gasteiger partial charge in [0.05, 0.1) is 10.2 Å². The van der Waals surface area contributed by atoms with Crippen LogP contribution in [0.15, 0.2) is 21.9 Å². The first-order valence-electron chi connectivity index (χ1n) is 7.00. The summed E-state index contributed by atoms with van der Waals surface area (Å²) in [5.41, 5.74) is 1.94. The van der Waals surface area contributed by atoms with Gasteiger partial charge in [0.1, 0.15) is 12.0 Å². The van der Waals surface area contributed by atoms with Crippen LogP contribution in [-0.4, -0.2) is 28.1 Å². The number of carbonyl (C=O) groups is 1. The molecule has 2 aromatic heterocycles. The van der Waals surface area contributed by atoms with E-state index in [0.717, 1.165) is 22.2 Å². The molecule has 0 saturated carbocycles. The Morgan fingerprint density at radius 1 is 1.41 bits per heavy atom. The Morgan fingerprint density at radius 2 is 2.23 bits per heavy atom. The Balaban J connectivity index is 1.61. The van der Waals surface area contributed by atoms with Crippen LogP contribution in [0.3, 0.4) is 0 Å². The van der Waals surface area contributed by atoms with Crippen molar-refractivity contribution < 1.29 is 4.79 Å². The highest BCUT2D eigenvalue weighted by Crippen LogP contribution is 2.36. The van der Waals surface area contributed by atoms with Crippen LogP contribution in [0.25, 0.3) is 10.2 Å². The highest BCUT2D eigenvalue weighted by Gasteiger charge is 2.38. The van der Waals surface area contributed by atoms with Crippen LogP contribution in [0, 0.1) is 19.3 Å². The Morgan fingerprint density at radius 3 is 2.95 bits per heavy atom. The number of hydrogen-bond donors (Lipinski definition) is 1. The van der Waals surface area contributed by atoms with Crippen molar-refractivity contribution in [3.8, 4) is 12.3 Å². The predicted octanol–water partition coefficient (Wildman–Crippen LogP) is 2.70. The van der Waals surface area contributed by atoms with E-state index in [1.807, 2.05) is 12.3 Å². The number of amides is 1. The first-order chi connectivity index (χ1) is 10.7. The van der Waals surface area contributed by atoms with Crippen LogP contribution < -0.4 is 5.32 Å². The maximum atomic E-state index is 12.3. The van der Waals surface area contributed by atoms with Crippen LogP contribution in [0.1, 0.15) is 35.3 Å². The molecule has 112 valence electrons. The molecule has 0 aromatic carbocycles. The van der Waals surface area contributed by atoms with E-state index in [9.17, 15) is 4.79 Å². The second-order valence-electron chi connectivity index (χ2n) is 5.21. The third-order valence-electron chi connectivity index (χ3n) is 3.61. The van der Waals surface area contributed by atoms with Gasteiger partial charge in [-0.2, -0.15) is 10.2 Å². The molecule has 0 fully saturated rings. The van der Waals surface area contributed by atoms with Gasteiger partial charge in [-0.3, -0.25) is 4.79 Å². The van der Waals surface area contributed by atoms with Gasteiger partial charge >= 0.3 is 0 Å². The average Bonchev–Trinajstić information content (AvgIpc) is 3.20. The molecule has 0 spiro atoms. The van der Waals surface area contributed by atoms with E-state index >= 15 is 0 Å². The van der Waals surface area contributed by atoms with Gasteiger partial charge in [0, 0.05) is 25.8 Å². The number of carbonyl (C=O) groups excluding carboxylic acids is 1. The number of fused-ring (bicyclic) bond motifs is 1. The molecule has 0 radical (unpaired) electrons. The van der Waals surface area contributed by atoms with E-state index in [1.165, 1.54) is 17.7 Å². The zero-order valence-electron chi connectivity index (χ0n) is 12.2. The van der Waals surface area contributed by atoms with Gasteiger partial charge in [-0.05, 0) is 17.9 Å². The fourth-order valence-electron chi connectivity index (χ4n) is 2.26. The van der Waals surface area contributed by atoms with Crippen LogP contribution in [0.2, 0.25) is 0 Å². The van der Waals surface area contributed by atoms with Crippen molar-refractivity contribution >= 4 is 27.5 Å². The SMILES string of the molecule is C#CCCC1(CCNC(=O)c2ncnc3c(C)csc23)N=N1. The number of nitrogens with one attached hydrogen (secondary N) is 1. The summed E-state index contributed by atoms with van der Waals surface area (Å²) in [5.74, 6) is 2.40. The summed E-state index contributed by atoms with van der Waals surface area (Å²) in [6.45, 7) is 2.46. The topological polar surface area (TPSA) is 79.6 Å². The van der Waals surface area contributed by atoms with Gasteiger partial charge in [0.2, 0.25) is 0 Å². The molecule has 1 N–H and O–H groups in total. The van der Waals surface area contributed by atoms with Crippen molar-refractivity contribution in [1.82, 2.24) is 15.3 Å². The van der Waals surface area contributed by atoms with Crippen molar-refractivity contribution in [2.24, 2.45) is 10.2 Å². The predicted molar refractivity (Wildman–Crippen MR) is 84.8 cm³/mol. The molecule has 2 aromatic rings. The summed E-state index contributed by atoms with van der Waals surface area (Å²) < 4.78 is 0.820. The fraction of sp³-hybridized carbons (Fsp3) is 0.400. The first-order valence-corrected chi connectivity index (χ1v) is 7.88. The number of hydrogen-bond acceptors (Lipinski definition) is 6. The van der Waals surface area contributed by atoms with Gasteiger partial charge in [-0.15, -0.1) is 23.7 Å². The summed E-state index contributed by atoms with van der Waals surface area (Å²) >= 11 is 1.49. The van der Waals surface area contributed by atoms with E-state index in [2.05, 4.69) is 31.4 Å². The standard InChI is InChI=1S/C15H15N5OS/c1-3-4-5-15(19-20-15)6-7-16-14(21)12-13-11(17-9-18-12)10(2)8-22-13/h1,8-9H,4-7H2,2H3,(H,16,21). The van der Waals surface area contributed by atoms with E-state index < -0.39 is 0 Å². The Kier molecular flexibility index (Phi) is 3.86. The summed E-state index contributed by atoms with van der Waals surface area (Å²) in [6, 6.07) is 0. The third-order valence-corrected chi connectivity index (χ3v) is 4.70. The molecule has 3 rings (SSSR count). The molecular formula is C15H15N5OS. The second kappa shape index (κ2) is 5.81. The molecular weight excluding hydrogens is 298 g/mol. The summed E-state index contributed by atoms with van der Waals surface area (Å²) in [6.07, 6.45) is 8.73. The van der Waals surface area contributed by atoms with Crippen molar-refractivity contribution in [2.75, 3.05) is 6.54 Å². The van der Waals surface area contributed by atoms with Crippen molar-refractivity contribution in [1.29, 1.82) is 0 Å². The first kappa shape index (κ1) is 14.6. The van der Waals surface area contributed by atoms with E-state index in [-0.39, 0.29) is 11.6 Å². The minimum atomic E-state index is -0.375. The molecule has 6 nitrogen and oxygen atoms in total. The van der Waals surface area contributed by atoms with Crippen LogP contribution in [-0.2, 0) is 0 Å². The van der Waals surface area contributed by atoms with Crippen LogP contribution >= 0.6 is 11.3 Å². The van der Waals surface area contributed by atoms with Gasteiger partial charge < -0.3 is 5.32 Å². The van der Waals surface area contributed by atoms with Crippen LogP contribution in [0.4, 0.5) is 0 Å². The molecule has 0 unspecified atom stereocenters. The molecule has 22 heavy (non-hydrogen) atoms. The number of nitrogens with zero attached hydrogens (tertiary/aromatic N) is 4. The average molecular weight is 313 g/mol. The Bertz CT molecular complexity index is 783. The second-order valence-corrected chi connectivity index (χ2v) is 6.09. The number of rotatable bonds is 6. The van der Waals surface area contributed by atoms with Gasteiger partial charge in [0.25, 0.3) is 5.91 Å². The molecule has 0 bridgehead atoms. The zero-order chi connectivity index (χ0) is 15.6. The lowest BCUT2D eigenvalue weighted by Gasteiger charge is -2.09. The lowest BCUT2D eigenvalue weighted by molar-refractivity contribution is 0.0949. The number of aromatic nitrogens is 2. The maximum Gasteiger partial charge on any atom is 0.271 e. The number of aryl methyl sites for hydroxylation is 1. The van der Waals surface area contributed by atoms with Gasteiger partial charge in [-0.25, -0.2) is 9.97 Å². The van der Waals surface area contributed by atoms with Crippen molar-refractivity contribution in [3.05, 3.63) is 23.0 Å². The summed E-state index contributed by atoms with van der Waals surface area (Å²) in [7, 11) is 0. The normalized spacial score (nSPS) is 14.7. The van der Waals surface area contributed by atoms with Gasteiger partial charge in [-0.1, -0.05) is 0 Å². The maximum absolute atomic E-state index is 12.3. The number of terminal acetylenes is 1. The minimum absolute atomic E-state index is 0.193. The number of thiophene rings is 1. The largest absolute Gasteiger partial charge is 0.350 e. The molecule has 3 heterocycles. The highest BCUT2D eigenvalue weighted by molar-refractivity contribution is 7.17. The monoisotopic (exact) mass is 313 g/mol. The quantitative estimate of drug-likeness (QED) is 0.833. The third kappa shape index (κ3) is 2.83. The van der Waals surface area contributed by atoms with Gasteiger partial charge in [0.15, 0.2) is 5.66 Å². The smallest absolute Gasteiger partial charge is 0.271 e. The molecule has 1 amide bonds. The molecule has 0 aliphatic carbocycles. The molecule has 0 saturated heterocycles. The summed E-state index contributed by atoms with van der Waals surface area (Å²) in [4.78, 5) is 20.6.